The lowest BCUT2D eigenvalue weighted by atomic mass is 10.1. The summed E-state index contributed by atoms with van der Waals surface area (Å²) >= 11 is 5.98. The molecule has 0 N–H and O–H groups in total. The molecule has 0 spiro atoms. The van der Waals surface area contributed by atoms with Gasteiger partial charge in [-0.25, -0.2) is 4.99 Å². The number of nitro benzene ring substituents is 1. The van der Waals surface area contributed by atoms with Crippen LogP contribution in [0.4, 0.5) is 11.4 Å². The molecule has 4 rings (SSSR count). The van der Waals surface area contributed by atoms with Gasteiger partial charge in [-0.2, -0.15) is 0 Å². The molecule has 1 amide bonds. The molecular formula is C25H20ClN3O6. The topological polar surface area (TPSA) is 104 Å². The average Bonchev–Trinajstić information content (AvgIpc) is 3.19. The van der Waals surface area contributed by atoms with Crippen LogP contribution in [0.3, 0.4) is 0 Å². The molecule has 0 aliphatic carbocycles. The number of carbonyl (C=O) groups excluding carboxylic acids is 1. The maximum absolute atomic E-state index is 13.5. The number of methoxy groups -OCH3 is 3. The Bertz CT molecular complexity index is 1350. The van der Waals surface area contributed by atoms with Crippen LogP contribution in [-0.4, -0.2) is 38.0 Å². The number of ether oxygens (including phenoxy) is 3. The molecule has 0 saturated heterocycles. The van der Waals surface area contributed by atoms with Gasteiger partial charge in [0.2, 0.25) is 5.75 Å². The number of rotatable bonds is 7. The Kier molecular flexibility index (Phi) is 6.70. The smallest absolute Gasteiger partial charge is 0.289 e. The van der Waals surface area contributed by atoms with Crippen molar-refractivity contribution in [2.24, 2.45) is 4.99 Å². The van der Waals surface area contributed by atoms with Crippen LogP contribution in [0.25, 0.3) is 6.08 Å². The van der Waals surface area contributed by atoms with Crippen LogP contribution in [-0.2, 0) is 4.79 Å². The van der Waals surface area contributed by atoms with Crippen LogP contribution in [0.5, 0.6) is 17.2 Å². The van der Waals surface area contributed by atoms with E-state index in [1.54, 1.807) is 30.3 Å². The molecule has 3 aromatic carbocycles. The Morgan fingerprint density at radius 3 is 2.20 bits per heavy atom. The van der Waals surface area contributed by atoms with Crippen LogP contribution < -0.4 is 19.1 Å². The summed E-state index contributed by atoms with van der Waals surface area (Å²) in [5.41, 5.74) is 1.32. The number of aliphatic imine (C=N–C) groups is 1. The minimum Gasteiger partial charge on any atom is -0.493 e. The van der Waals surface area contributed by atoms with Gasteiger partial charge in [-0.05, 0) is 35.9 Å². The van der Waals surface area contributed by atoms with Crippen LogP contribution in [0.15, 0.2) is 71.4 Å². The van der Waals surface area contributed by atoms with Crippen molar-refractivity contribution in [3.63, 3.8) is 0 Å². The zero-order valence-corrected chi connectivity index (χ0v) is 19.8. The number of hydrogen-bond donors (Lipinski definition) is 0. The van der Waals surface area contributed by atoms with Gasteiger partial charge in [0.1, 0.15) is 16.6 Å². The largest absolute Gasteiger partial charge is 0.493 e. The van der Waals surface area contributed by atoms with E-state index in [2.05, 4.69) is 4.99 Å². The number of nitrogens with zero attached hydrogens (tertiary/aromatic N) is 3. The normalized spacial score (nSPS) is 14.2. The van der Waals surface area contributed by atoms with Gasteiger partial charge in [-0.1, -0.05) is 41.9 Å². The van der Waals surface area contributed by atoms with Crippen molar-refractivity contribution in [1.82, 2.24) is 0 Å². The number of anilines is 1. The second-order valence-corrected chi connectivity index (χ2v) is 7.73. The minimum atomic E-state index is -0.599. The Morgan fingerprint density at radius 1 is 0.971 bits per heavy atom. The summed E-state index contributed by atoms with van der Waals surface area (Å²) in [7, 11) is 4.49. The van der Waals surface area contributed by atoms with E-state index >= 15 is 0 Å². The summed E-state index contributed by atoms with van der Waals surface area (Å²) in [5, 5.41) is 11.4. The standard InChI is InChI=1S/C25H20ClN3O6/c1-33-21-12-15(13-22(34-2)23(21)35-3)11-19-25(30)28(24(27-19)16-7-5-4-6-8-16)17-9-10-18(26)20(14-17)29(31)32/h4-14H,1-3H3. The maximum Gasteiger partial charge on any atom is 0.289 e. The van der Waals surface area contributed by atoms with E-state index in [4.69, 9.17) is 25.8 Å². The predicted molar refractivity (Wildman–Crippen MR) is 133 cm³/mol. The van der Waals surface area contributed by atoms with E-state index < -0.39 is 10.8 Å². The van der Waals surface area contributed by atoms with Gasteiger partial charge in [0.15, 0.2) is 11.5 Å². The lowest BCUT2D eigenvalue weighted by Crippen LogP contribution is -2.32. The molecule has 0 bridgehead atoms. The molecular weight excluding hydrogens is 474 g/mol. The van der Waals surface area contributed by atoms with Crippen molar-refractivity contribution in [3.05, 3.63) is 92.6 Å². The van der Waals surface area contributed by atoms with Crippen molar-refractivity contribution < 1.29 is 23.9 Å². The van der Waals surface area contributed by atoms with Gasteiger partial charge in [0.05, 0.1) is 31.9 Å². The highest BCUT2D eigenvalue weighted by Crippen LogP contribution is 2.39. The lowest BCUT2D eigenvalue weighted by Gasteiger charge is -2.18. The minimum absolute atomic E-state index is 0.0308. The van der Waals surface area contributed by atoms with E-state index in [1.165, 1.54) is 44.4 Å². The second-order valence-electron chi connectivity index (χ2n) is 7.32. The fourth-order valence-corrected chi connectivity index (χ4v) is 3.85. The van der Waals surface area contributed by atoms with Crippen molar-refractivity contribution in [2.45, 2.75) is 0 Å². The van der Waals surface area contributed by atoms with E-state index in [0.717, 1.165) is 0 Å². The van der Waals surface area contributed by atoms with Gasteiger partial charge >= 0.3 is 0 Å². The number of carbonyl (C=O) groups is 1. The van der Waals surface area contributed by atoms with E-state index in [9.17, 15) is 14.9 Å². The van der Waals surface area contributed by atoms with E-state index in [1.807, 2.05) is 18.2 Å². The summed E-state index contributed by atoms with van der Waals surface area (Å²) in [6.07, 6.45) is 1.58. The molecule has 0 radical (unpaired) electrons. The first kappa shape index (κ1) is 23.8. The van der Waals surface area contributed by atoms with E-state index in [0.29, 0.717) is 34.2 Å². The van der Waals surface area contributed by atoms with Gasteiger partial charge in [-0.3, -0.25) is 19.8 Å². The Balaban J connectivity index is 1.86. The molecule has 1 aliphatic heterocycles. The third kappa shape index (κ3) is 4.53. The van der Waals surface area contributed by atoms with Crippen molar-refractivity contribution >= 4 is 40.8 Å². The van der Waals surface area contributed by atoms with Crippen LogP contribution in [0.1, 0.15) is 11.1 Å². The molecule has 0 atom stereocenters. The zero-order chi connectivity index (χ0) is 25.1. The summed E-state index contributed by atoms with van der Waals surface area (Å²) in [6, 6.07) is 16.6. The second kappa shape index (κ2) is 9.86. The highest BCUT2D eigenvalue weighted by Gasteiger charge is 2.33. The van der Waals surface area contributed by atoms with Crippen molar-refractivity contribution in [3.8, 4) is 17.2 Å². The molecule has 1 aliphatic rings. The molecule has 178 valence electrons. The first-order valence-electron chi connectivity index (χ1n) is 10.3. The summed E-state index contributed by atoms with van der Waals surface area (Å²) in [5.74, 6) is 1.11. The third-order valence-electron chi connectivity index (χ3n) is 5.27. The summed E-state index contributed by atoms with van der Waals surface area (Å²) < 4.78 is 16.1. The fraction of sp³-hybridized carbons (Fsp3) is 0.120. The van der Waals surface area contributed by atoms with Crippen LogP contribution in [0.2, 0.25) is 5.02 Å². The third-order valence-corrected chi connectivity index (χ3v) is 5.59. The lowest BCUT2D eigenvalue weighted by molar-refractivity contribution is -0.384. The average molecular weight is 494 g/mol. The number of amides is 1. The molecule has 0 saturated carbocycles. The molecule has 0 unspecified atom stereocenters. The number of hydrogen-bond acceptors (Lipinski definition) is 7. The molecule has 9 nitrogen and oxygen atoms in total. The molecule has 0 aromatic heterocycles. The Labute approximate surface area is 206 Å². The Hall–Kier alpha value is -4.37. The first-order chi connectivity index (χ1) is 16.9. The summed E-state index contributed by atoms with van der Waals surface area (Å²) in [6.45, 7) is 0. The van der Waals surface area contributed by atoms with Crippen molar-refractivity contribution in [1.29, 1.82) is 0 Å². The highest BCUT2D eigenvalue weighted by atomic mass is 35.5. The van der Waals surface area contributed by atoms with Crippen LogP contribution >= 0.6 is 11.6 Å². The molecule has 1 heterocycles. The maximum atomic E-state index is 13.5. The number of nitro groups is 1. The molecule has 10 heteroatoms. The van der Waals surface area contributed by atoms with Crippen molar-refractivity contribution in [2.75, 3.05) is 26.2 Å². The fourth-order valence-electron chi connectivity index (χ4n) is 3.66. The first-order valence-corrected chi connectivity index (χ1v) is 10.7. The number of benzene rings is 3. The monoisotopic (exact) mass is 493 g/mol. The SMILES string of the molecule is COc1cc(C=C2N=C(c3ccccc3)N(c3ccc(Cl)c([N+](=O)[O-])c3)C2=O)cc(OC)c1OC. The predicted octanol–water partition coefficient (Wildman–Crippen LogP) is 5.11. The van der Waals surface area contributed by atoms with Crippen LogP contribution in [0, 0.1) is 10.1 Å². The Morgan fingerprint density at radius 2 is 1.63 bits per heavy atom. The van der Waals surface area contributed by atoms with Gasteiger partial charge in [0, 0.05) is 11.6 Å². The van der Waals surface area contributed by atoms with Gasteiger partial charge in [-0.15, -0.1) is 0 Å². The number of amidine groups is 1. The number of halogens is 1. The quantitative estimate of drug-likeness (QED) is 0.257. The highest BCUT2D eigenvalue weighted by molar-refractivity contribution is 6.34. The van der Waals surface area contributed by atoms with E-state index in [-0.39, 0.29) is 22.1 Å². The molecule has 0 fully saturated rings. The van der Waals surface area contributed by atoms with Gasteiger partial charge < -0.3 is 14.2 Å². The van der Waals surface area contributed by atoms with Gasteiger partial charge in [0.25, 0.3) is 11.6 Å². The molecule has 3 aromatic rings. The molecule has 35 heavy (non-hydrogen) atoms. The zero-order valence-electron chi connectivity index (χ0n) is 19.0. The summed E-state index contributed by atoms with van der Waals surface area (Å²) in [4.78, 5) is 30.3.